The molecule has 1 aromatic heterocycles. The Morgan fingerprint density at radius 1 is 1.00 bits per heavy atom. The molecule has 0 aliphatic rings. The van der Waals surface area contributed by atoms with Gasteiger partial charge in [0.1, 0.15) is 22.8 Å². The lowest BCUT2D eigenvalue weighted by Crippen LogP contribution is -2.04. The Balaban J connectivity index is 1.79. The van der Waals surface area contributed by atoms with E-state index in [-0.39, 0.29) is 5.75 Å². The quantitative estimate of drug-likeness (QED) is 0.296. The number of methoxy groups -OCH3 is 2. The fourth-order valence-electron chi connectivity index (χ4n) is 2.63. The minimum atomic E-state index is -0.567. The molecule has 0 radical (unpaired) electrons. The predicted octanol–water partition coefficient (Wildman–Crippen LogP) is 3.74. The summed E-state index contributed by atoms with van der Waals surface area (Å²) in [5.74, 6) is 0.940. The molecule has 0 amide bonds. The molecule has 0 unspecified atom stereocenters. The van der Waals surface area contributed by atoms with E-state index in [2.05, 4.69) is 0 Å². The van der Waals surface area contributed by atoms with Crippen LogP contribution in [0.15, 0.2) is 57.8 Å². The summed E-state index contributed by atoms with van der Waals surface area (Å²) in [5.41, 5.74) is 1.42. The molecule has 0 bridgehead atoms. The number of carbonyl (C=O) groups excluding carboxylic acids is 1. The van der Waals surface area contributed by atoms with Crippen LogP contribution in [0.5, 0.6) is 17.2 Å². The highest BCUT2D eigenvalue weighted by Gasteiger charge is 2.07. The van der Waals surface area contributed by atoms with Gasteiger partial charge in [-0.25, -0.2) is 9.59 Å². The number of esters is 1. The SMILES string of the molecule is COc1ccc(/C=C/C(=O)Oc2ccc3c(C)cc(=O)oc3c2)c(OC)c1. The smallest absolute Gasteiger partial charge is 0.336 e. The molecule has 0 aliphatic carbocycles. The van der Waals surface area contributed by atoms with Gasteiger partial charge in [0, 0.05) is 35.2 Å². The van der Waals surface area contributed by atoms with Crippen LogP contribution in [0.2, 0.25) is 0 Å². The number of aryl methyl sites for hydroxylation is 1. The molecule has 2 aromatic carbocycles. The van der Waals surface area contributed by atoms with Crippen LogP contribution >= 0.6 is 0 Å². The highest BCUT2D eigenvalue weighted by molar-refractivity contribution is 5.90. The molecular formula is C21H18O6. The van der Waals surface area contributed by atoms with Gasteiger partial charge in [-0.1, -0.05) is 0 Å². The summed E-state index contributed by atoms with van der Waals surface area (Å²) in [4.78, 5) is 23.6. The molecule has 3 rings (SSSR count). The maximum atomic E-state index is 12.1. The Kier molecular flexibility index (Phi) is 5.26. The molecule has 0 fully saturated rings. The van der Waals surface area contributed by atoms with Gasteiger partial charge in [-0.3, -0.25) is 0 Å². The lowest BCUT2D eigenvalue weighted by molar-refractivity contribution is -0.128. The van der Waals surface area contributed by atoms with Gasteiger partial charge in [-0.05, 0) is 42.8 Å². The van der Waals surface area contributed by atoms with Crippen molar-refractivity contribution in [3.63, 3.8) is 0 Å². The van der Waals surface area contributed by atoms with E-state index in [0.717, 1.165) is 10.9 Å². The van der Waals surface area contributed by atoms with Gasteiger partial charge >= 0.3 is 11.6 Å². The molecule has 0 aliphatic heterocycles. The fourth-order valence-corrected chi connectivity index (χ4v) is 2.63. The maximum Gasteiger partial charge on any atom is 0.336 e. The van der Waals surface area contributed by atoms with Crippen LogP contribution in [0.1, 0.15) is 11.1 Å². The molecule has 1 heterocycles. The molecule has 6 heteroatoms. The van der Waals surface area contributed by atoms with E-state index in [4.69, 9.17) is 18.6 Å². The molecule has 138 valence electrons. The third kappa shape index (κ3) is 4.17. The first kappa shape index (κ1) is 18.3. The minimum Gasteiger partial charge on any atom is -0.497 e. The average Bonchev–Trinajstić information content (AvgIpc) is 2.65. The van der Waals surface area contributed by atoms with Crippen molar-refractivity contribution >= 4 is 23.0 Å². The van der Waals surface area contributed by atoms with Gasteiger partial charge < -0.3 is 18.6 Å². The summed E-state index contributed by atoms with van der Waals surface area (Å²) in [7, 11) is 3.10. The van der Waals surface area contributed by atoms with Crippen molar-refractivity contribution in [2.45, 2.75) is 6.92 Å². The first-order valence-electron chi connectivity index (χ1n) is 8.16. The van der Waals surface area contributed by atoms with Gasteiger partial charge in [0.2, 0.25) is 0 Å². The lowest BCUT2D eigenvalue weighted by Gasteiger charge is -2.07. The number of rotatable bonds is 5. The number of ether oxygens (including phenoxy) is 3. The monoisotopic (exact) mass is 366 g/mol. The molecule has 0 N–H and O–H groups in total. The Labute approximate surface area is 155 Å². The normalized spacial score (nSPS) is 10.9. The number of benzene rings is 2. The van der Waals surface area contributed by atoms with Crippen LogP contribution in [0.3, 0.4) is 0 Å². The van der Waals surface area contributed by atoms with Crippen LogP contribution in [0.25, 0.3) is 17.0 Å². The van der Waals surface area contributed by atoms with E-state index in [1.807, 2.05) is 6.92 Å². The second-order valence-electron chi connectivity index (χ2n) is 5.77. The van der Waals surface area contributed by atoms with Crippen molar-refractivity contribution < 1.29 is 23.4 Å². The fraction of sp³-hybridized carbons (Fsp3) is 0.143. The van der Waals surface area contributed by atoms with Crippen molar-refractivity contribution in [3.8, 4) is 17.2 Å². The van der Waals surface area contributed by atoms with Crippen LogP contribution in [0, 0.1) is 6.92 Å². The van der Waals surface area contributed by atoms with Crippen LogP contribution in [0.4, 0.5) is 0 Å². The molecule has 3 aromatic rings. The van der Waals surface area contributed by atoms with E-state index < -0.39 is 11.6 Å². The van der Waals surface area contributed by atoms with Crippen molar-refractivity contribution in [3.05, 3.63) is 70.1 Å². The van der Waals surface area contributed by atoms with Gasteiger partial charge in [-0.2, -0.15) is 0 Å². The highest BCUT2D eigenvalue weighted by atomic mass is 16.5. The number of hydrogen-bond donors (Lipinski definition) is 0. The van der Waals surface area contributed by atoms with Crippen molar-refractivity contribution in [2.24, 2.45) is 0 Å². The van der Waals surface area contributed by atoms with E-state index in [9.17, 15) is 9.59 Å². The van der Waals surface area contributed by atoms with Gasteiger partial charge in [0.15, 0.2) is 0 Å². The molecule has 0 saturated heterocycles. The van der Waals surface area contributed by atoms with E-state index in [1.165, 1.54) is 25.3 Å². The summed E-state index contributed by atoms with van der Waals surface area (Å²) < 4.78 is 20.9. The third-order valence-corrected chi connectivity index (χ3v) is 3.98. The zero-order valence-electron chi connectivity index (χ0n) is 15.1. The summed E-state index contributed by atoms with van der Waals surface area (Å²) in [6.45, 7) is 1.82. The first-order chi connectivity index (χ1) is 13.0. The molecule has 6 nitrogen and oxygen atoms in total. The highest BCUT2D eigenvalue weighted by Crippen LogP contribution is 2.26. The third-order valence-electron chi connectivity index (χ3n) is 3.98. The number of hydrogen-bond acceptors (Lipinski definition) is 6. The van der Waals surface area contributed by atoms with Gasteiger partial charge in [-0.15, -0.1) is 0 Å². The molecule has 0 saturated carbocycles. The zero-order chi connectivity index (χ0) is 19.4. The van der Waals surface area contributed by atoms with Crippen LogP contribution in [-0.2, 0) is 4.79 Å². The maximum absolute atomic E-state index is 12.1. The second-order valence-corrected chi connectivity index (χ2v) is 5.77. The largest absolute Gasteiger partial charge is 0.497 e. The second kappa shape index (κ2) is 7.78. The number of carbonyl (C=O) groups is 1. The zero-order valence-corrected chi connectivity index (χ0v) is 15.1. The predicted molar refractivity (Wildman–Crippen MR) is 101 cm³/mol. The molecular weight excluding hydrogens is 348 g/mol. The minimum absolute atomic E-state index is 0.285. The summed E-state index contributed by atoms with van der Waals surface area (Å²) in [5, 5.41) is 0.785. The number of fused-ring (bicyclic) bond motifs is 1. The summed E-state index contributed by atoms with van der Waals surface area (Å²) in [6.07, 6.45) is 2.88. The molecule has 27 heavy (non-hydrogen) atoms. The first-order valence-corrected chi connectivity index (χ1v) is 8.16. The van der Waals surface area contributed by atoms with E-state index >= 15 is 0 Å². The topological polar surface area (TPSA) is 75.0 Å². The van der Waals surface area contributed by atoms with Crippen molar-refractivity contribution in [1.29, 1.82) is 0 Å². The Hall–Kier alpha value is -3.54. The van der Waals surface area contributed by atoms with Crippen molar-refractivity contribution in [2.75, 3.05) is 14.2 Å². The molecule has 0 spiro atoms. The van der Waals surface area contributed by atoms with Gasteiger partial charge in [0.05, 0.1) is 14.2 Å². The van der Waals surface area contributed by atoms with Crippen LogP contribution in [-0.4, -0.2) is 20.2 Å². The van der Waals surface area contributed by atoms with Crippen molar-refractivity contribution in [1.82, 2.24) is 0 Å². The Bertz CT molecular complexity index is 1080. The van der Waals surface area contributed by atoms with Crippen LogP contribution < -0.4 is 19.8 Å². The lowest BCUT2D eigenvalue weighted by atomic mass is 10.1. The molecule has 0 atom stereocenters. The summed E-state index contributed by atoms with van der Waals surface area (Å²) >= 11 is 0. The average molecular weight is 366 g/mol. The van der Waals surface area contributed by atoms with E-state index in [0.29, 0.717) is 22.6 Å². The summed E-state index contributed by atoms with van der Waals surface area (Å²) in [6, 6.07) is 11.6. The van der Waals surface area contributed by atoms with E-state index in [1.54, 1.807) is 43.5 Å². The Morgan fingerprint density at radius 3 is 2.52 bits per heavy atom. The standard InChI is InChI=1S/C21H18O6/c1-13-10-21(23)27-19-12-16(7-8-17(13)19)26-20(22)9-5-14-4-6-15(24-2)11-18(14)25-3/h4-12H,1-3H3/b9-5+. The Morgan fingerprint density at radius 2 is 1.78 bits per heavy atom. The van der Waals surface area contributed by atoms with Gasteiger partial charge in [0.25, 0.3) is 0 Å².